The van der Waals surface area contributed by atoms with Gasteiger partial charge >= 0.3 is 0 Å². The summed E-state index contributed by atoms with van der Waals surface area (Å²) >= 11 is 11.8. The van der Waals surface area contributed by atoms with Crippen molar-refractivity contribution in [2.75, 3.05) is 30.8 Å². The van der Waals surface area contributed by atoms with Gasteiger partial charge in [0.15, 0.2) is 0 Å². The van der Waals surface area contributed by atoms with Crippen molar-refractivity contribution >= 4 is 46.4 Å². The Morgan fingerprint density at radius 1 is 1.00 bits per heavy atom. The zero-order valence-corrected chi connectivity index (χ0v) is 15.9. The molecular formula is C18H19Cl2N3O3. The van der Waals surface area contributed by atoms with E-state index in [1.165, 1.54) is 7.11 Å². The second kappa shape index (κ2) is 9.31. The Labute approximate surface area is 161 Å². The minimum Gasteiger partial charge on any atom is -0.495 e. The number of ether oxygens (including phenoxy) is 1. The average molecular weight is 396 g/mol. The molecule has 0 fully saturated rings. The number of amides is 2. The highest BCUT2D eigenvalue weighted by Crippen LogP contribution is 2.25. The zero-order valence-electron chi connectivity index (χ0n) is 14.4. The van der Waals surface area contributed by atoms with Crippen molar-refractivity contribution in [1.29, 1.82) is 0 Å². The standard InChI is InChI=1S/C18H19Cl2N3O3/c1-11-3-4-16(26-2)15(5-11)23-18(25)10-22-17(24)9-21-14-7-12(19)6-13(20)8-14/h3-8,21H,9-10H2,1-2H3,(H,22,24)(H,23,25). The first kappa shape index (κ1) is 19.9. The molecule has 3 N–H and O–H groups in total. The number of carbonyl (C=O) groups excluding carboxylic acids is 2. The van der Waals surface area contributed by atoms with Crippen molar-refractivity contribution in [3.8, 4) is 5.75 Å². The third-order valence-corrected chi connectivity index (χ3v) is 3.83. The lowest BCUT2D eigenvalue weighted by atomic mass is 10.2. The van der Waals surface area contributed by atoms with Gasteiger partial charge in [0.05, 0.1) is 25.9 Å². The van der Waals surface area contributed by atoms with Gasteiger partial charge in [-0.3, -0.25) is 9.59 Å². The van der Waals surface area contributed by atoms with Crippen molar-refractivity contribution in [3.05, 3.63) is 52.0 Å². The summed E-state index contributed by atoms with van der Waals surface area (Å²) in [6.45, 7) is 1.73. The SMILES string of the molecule is COc1ccc(C)cc1NC(=O)CNC(=O)CNc1cc(Cl)cc(Cl)c1. The van der Waals surface area contributed by atoms with Crippen LogP contribution in [-0.2, 0) is 9.59 Å². The maximum absolute atomic E-state index is 12.0. The summed E-state index contributed by atoms with van der Waals surface area (Å²) in [6.07, 6.45) is 0. The van der Waals surface area contributed by atoms with Crippen LogP contribution in [0.5, 0.6) is 5.75 Å². The molecular weight excluding hydrogens is 377 g/mol. The molecule has 0 atom stereocenters. The lowest BCUT2D eigenvalue weighted by Gasteiger charge is -2.12. The van der Waals surface area contributed by atoms with E-state index < -0.39 is 0 Å². The summed E-state index contributed by atoms with van der Waals surface area (Å²) < 4.78 is 5.20. The van der Waals surface area contributed by atoms with E-state index in [4.69, 9.17) is 27.9 Å². The van der Waals surface area contributed by atoms with Gasteiger partial charge in [-0.15, -0.1) is 0 Å². The smallest absolute Gasteiger partial charge is 0.243 e. The van der Waals surface area contributed by atoms with Crippen LogP contribution in [0.25, 0.3) is 0 Å². The molecule has 0 aromatic heterocycles. The minimum atomic E-state index is -0.354. The van der Waals surface area contributed by atoms with Gasteiger partial charge < -0.3 is 20.7 Å². The lowest BCUT2D eigenvalue weighted by molar-refractivity contribution is -0.122. The number of hydrogen-bond donors (Lipinski definition) is 3. The van der Waals surface area contributed by atoms with Gasteiger partial charge in [0.1, 0.15) is 5.75 Å². The molecule has 2 aromatic carbocycles. The van der Waals surface area contributed by atoms with Crippen molar-refractivity contribution in [2.45, 2.75) is 6.92 Å². The molecule has 0 aliphatic carbocycles. The molecule has 0 saturated carbocycles. The maximum Gasteiger partial charge on any atom is 0.243 e. The molecule has 2 aromatic rings. The Morgan fingerprint density at radius 3 is 2.35 bits per heavy atom. The normalized spacial score (nSPS) is 10.2. The number of methoxy groups -OCH3 is 1. The Balaban J connectivity index is 1.81. The van der Waals surface area contributed by atoms with E-state index in [0.717, 1.165) is 5.56 Å². The van der Waals surface area contributed by atoms with E-state index in [0.29, 0.717) is 27.2 Å². The number of anilines is 2. The van der Waals surface area contributed by atoms with Crippen LogP contribution in [0.1, 0.15) is 5.56 Å². The summed E-state index contributed by atoms with van der Waals surface area (Å²) in [4.78, 5) is 23.9. The Kier molecular flexibility index (Phi) is 7.12. The van der Waals surface area contributed by atoms with E-state index in [-0.39, 0.29) is 24.9 Å². The molecule has 2 amide bonds. The second-order valence-electron chi connectivity index (χ2n) is 5.54. The Morgan fingerprint density at radius 2 is 1.69 bits per heavy atom. The third-order valence-electron chi connectivity index (χ3n) is 3.39. The Hall–Kier alpha value is -2.44. The molecule has 0 radical (unpaired) electrons. The van der Waals surface area contributed by atoms with Crippen LogP contribution in [-0.4, -0.2) is 32.0 Å². The van der Waals surface area contributed by atoms with E-state index >= 15 is 0 Å². The van der Waals surface area contributed by atoms with Crippen LogP contribution < -0.4 is 20.7 Å². The predicted molar refractivity (Wildman–Crippen MR) is 104 cm³/mol. The first-order chi connectivity index (χ1) is 12.4. The zero-order chi connectivity index (χ0) is 19.1. The van der Waals surface area contributed by atoms with Crippen molar-refractivity contribution in [2.24, 2.45) is 0 Å². The molecule has 0 heterocycles. The van der Waals surface area contributed by atoms with Gasteiger partial charge in [0.2, 0.25) is 11.8 Å². The van der Waals surface area contributed by atoms with Gasteiger partial charge in [-0.25, -0.2) is 0 Å². The summed E-state index contributed by atoms with van der Waals surface area (Å²) in [6, 6.07) is 10.3. The molecule has 0 aliphatic heterocycles. The molecule has 0 saturated heterocycles. The largest absolute Gasteiger partial charge is 0.495 e. The maximum atomic E-state index is 12.0. The number of rotatable bonds is 7. The van der Waals surface area contributed by atoms with Crippen LogP contribution in [0.4, 0.5) is 11.4 Å². The highest BCUT2D eigenvalue weighted by Gasteiger charge is 2.10. The monoisotopic (exact) mass is 395 g/mol. The average Bonchev–Trinajstić information content (AvgIpc) is 2.57. The van der Waals surface area contributed by atoms with Crippen LogP contribution in [0, 0.1) is 6.92 Å². The lowest BCUT2D eigenvalue weighted by Crippen LogP contribution is -2.36. The fraction of sp³-hybridized carbons (Fsp3) is 0.222. The first-order valence-corrected chi connectivity index (χ1v) is 8.54. The predicted octanol–water partition coefficient (Wildman–Crippen LogP) is 3.48. The van der Waals surface area contributed by atoms with E-state index in [1.54, 1.807) is 30.3 Å². The van der Waals surface area contributed by atoms with E-state index in [1.807, 2.05) is 13.0 Å². The fourth-order valence-corrected chi connectivity index (χ4v) is 2.72. The number of benzene rings is 2. The first-order valence-electron chi connectivity index (χ1n) is 7.78. The minimum absolute atomic E-state index is 0.0162. The number of aryl methyl sites for hydroxylation is 1. The molecule has 2 rings (SSSR count). The third kappa shape index (κ3) is 6.13. The van der Waals surface area contributed by atoms with Gasteiger partial charge in [0.25, 0.3) is 0 Å². The van der Waals surface area contributed by atoms with E-state index in [9.17, 15) is 9.59 Å². The molecule has 0 unspecified atom stereocenters. The molecule has 0 spiro atoms. The summed E-state index contributed by atoms with van der Waals surface area (Å²) in [5, 5.41) is 9.07. The number of carbonyl (C=O) groups is 2. The summed E-state index contributed by atoms with van der Waals surface area (Å²) in [5.41, 5.74) is 2.15. The molecule has 8 heteroatoms. The van der Waals surface area contributed by atoms with Crippen molar-refractivity contribution in [3.63, 3.8) is 0 Å². The molecule has 0 bridgehead atoms. The fourth-order valence-electron chi connectivity index (χ4n) is 2.19. The Bertz CT molecular complexity index is 792. The molecule has 138 valence electrons. The van der Waals surface area contributed by atoms with Crippen LogP contribution in [0.3, 0.4) is 0 Å². The highest BCUT2D eigenvalue weighted by molar-refractivity contribution is 6.35. The van der Waals surface area contributed by atoms with Crippen molar-refractivity contribution < 1.29 is 14.3 Å². The van der Waals surface area contributed by atoms with Crippen LogP contribution >= 0.6 is 23.2 Å². The molecule has 6 nitrogen and oxygen atoms in total. The summed E-state index contributed by atoms with van der Waals surface area (Å²) in [7, 11) is 1.52. The van der Waals surface area contributed by atoms with Gasteiger partial charge in [-0.1, -0.05) is 29.3 Å². The van der Waals surface area contributed by atoms with Gasteiger partial charge in [-0.2, -0.15) is 0 Å². The van der Waals surface area contributed by atoms with Crippen LogP contribution in [0.2, 0.25) is 10.0 Å². The van der Waals surface area contributed by atoms with Crippen molar-refractivity contribution in [1.82, 2.24) is 5.32 Å². The number of hydrogen-bond acceptors (Lipinski definition) is 4. The van der Waals surface area contributed by atoms with E-state index in [2.05, 4.69) is 16.0 Å². The van der Waals surface area contributed by atoms with Gasteiger partial charge in [-0.05, 0) is 42.8 Å². The summed E-state index contributed by atoms with van der Waals surface area (Å²) in [5.74, 6) is -0.143. The highest BCUT2D eigenvalue weighted by atomic mass is 35.5. The number of nitrogens with one attached hydrogen (secondary N) is 3. The topological polar surface area (TPSA) is 79.5 Å². The van der Waals surface area contributed by atoms with Gasteiger partial charge in [0, 0.05) is 15.7 Å². The quantitative estimate of drug-likeness (QED) is 0.670. The molecule has 26 heavy (non-hydrogen) atoms. The van der Waals surface area contributed by atoms with Crippen LogP contribution in [0.15, 0.2) is 36.4 Å². The second-order valence-corrected chi connectivity index (χ2v) is 6.41. The number of halogens is 2. The molecule has 0 aliphatic rings.